The van der Waals surface area contributed by atoms with Gasteiger partial charge in [-0.05, 0) is 30.1 Å². The van der Waals surface area contributed by atoms with Crippen LogP contribution in [-0.2, 0) is 0 Å². The van der Waals surface area contributed by atoms with Gasteiger partial charge >= 0.3 is 0 Å². The summed E-state index contributed by atoms with van der Waals surface area (Å²) in [5.74, 6) is 0. The summed E-state index contributed by atoms with van der Waals surface area (Å²) >= 11 is 0. The molecule has 0 amide bonds. The number of hydrogen-bond donors (Lipinski definition) is 1. The van der Waals surface area contributed by atoms with Gasteiger partial charge in [0.2, 0.25) is 0 Å². The molecule has 100 valence electrons. The molecule has 1 unspecified atom stereocenters. The highest BCUT2D eigenvalue weighted by atomic mass is 15.2. The number of nitrogens with zero attached hydrogens (tertiary/aromatic N) is 1. The summed E-state index contributed by atoms with van der Waals surface area (Å²) < 4.78 is 0. The van der Waals surface area contributed by atoms with Gasteiger partial charge in [0.1, 0.15) is 0 Å². The molecule has 2 heteroatoms. The second-order valence-corrected chi connectivity index (χ2v) is 7.36. The summed E-state index contributed by atoms with van der Waals surface area (Å²) in [6, 6.07) is 0.661. The Morgan fingerprint density at radius 3 is 2.53 bits per heavy atom. The lowest BCUT2D eigenvalue weighted by Crippen LogP contribution is -2.56. The van der Waals surface area contributed by atoms with Crippen LogP contribution in [0.25, 0.3) is 0 Å². The molecule has 1 aliphatic heterocycles. The molecular weight excluding hydrogens is 208 g/mol. The Balaban J connectivity index is 1.86. The molecule has 2 rings (SSSR count). The monoisotopic (exact) mass is 238 g/mol. The zero-order valence-corrected chi connectivity index (χ0v) is 12.2. The number of piperazine rings is 1. The molecule has 0 aromatic heterocycles. The molecule has 0 radical (unpaired) electrons. The second kappa shape index (κ2) is 4.89. The van der Waals surface area contributed by atoms with E-state index in [9.17, 15) is 0 Å². The highest BCUT2D eigenvalue weighted by Crippen LogP contribution is 2.50. The van der Waals surface area contributed by atoms with E-state index >= 15 is 0 Å². The van der Waals surface area contributed by atoms with E-state index in [0.717, 1.165) is 0 Å². The van der Waals surface area contributed by atoms with E-state index in [2.05, 4.69) is 37.9 Å². The Morgan fingerprint density at radius 2 is 2.00 bits per heavy atom. The highest BCUT2D eigenvalue weighted by Gasteiger charge is 2.43. The highest BCUT2D eigenvalue weighted by molar-refractivity contribution is 4.97. The van der Waals surface area contributed by atoms with Crippen LogP contribution >= 0.6 is 0 Å². The van der Waals surface area contributed by atoms with Crippen molar-refractivity contribution in [2.24, 2.45) is 10.8 Å². The summed E-state index contributed by atoms with van der Waals surface area (Å²) in [5.41, 5.74) is 1.11. The molecule has 1 heterocycles. The third kappa shape index (κ3) is 3.45. The molecule has 1 saturated carbocycles. The van der Waals surface area contributed by atoms with Crippen LogP contribution in [0.1, 0.15) is 53.4 Å². The molecule has 2 aliphatic rings. The van der Waals surface area contributed by atoms with Gasteiger partial charge in [0, 0.05) is 32.2 Å². The fourth-order valence-corrected chi connectivity index (χ4v) is 3.20. The van der Waals surface area contributed by atoms with Crippen LogP contribution in [0.5, 0.6) is 0 Å². The van der Waals surface area contributed by atoms with Crippen LogP contribution in [0.15, 0.2) is 0 Å². The Bertz CT molecular complexity index is 250. The number of rotatable bonds is 4. The maximum absolute atomic E-state index is 3.69. The normalized spacial score (nSPS) is 29.3. The van der Waals surface area contributed by atoms with Gasteiger partial charge < -0.3 is 5.32 Å². The fourth-order valence-electron chi connectivity index (χ4n) is 3.20. The van der Waals surface area contributed by atoms with Gasteiger partial charge in [-0.2, -0.15) is 0 Å². The average Bonchev–Trinajstić information content (AvgIpc) is 2.97. The standard InChI is InChI=1S/C15H30N2/c1-5-6-15(7-8-15)12-17-10-9-16-13(11-17)14(2,3)4/h13,16H,5-12H2,1-4H3. The number of nitrogens with one attached hydrogen (secondary N) is 1. The fraction of sp³-hybridized carbons (Fsp3) is 1.00. The Hall–Kier alpha value is -0.0800. The van der Waals surface area contributed by atoms with Gasteiger partial charge in [-0.1, -0.05) is 34.1 Å². The predicted octanol–water partition coefficient (Wildman–Crippen LogP) is 2.89. The van der Waals surface area contributed by atoms with Crippen LogP contribution in [0.2, 0.25) is 0 Å². The van der Waals surface area contributed by atoms with Gasteiger partial charge in [-0.25, -0.2) is 0 Å². The maximum Gasteiger partial charge on any atom is 0.0244 e. The van der Waals surface area contributed by atoms with E-state index in [1.54, 1.807) is 0 Å². The Kier molecular flexibility index (Phi) is 3.84. The molecule has 1 N–H and O–H groups in total. The summed E-state index contributed by atoms with van der Waals surface area (Å²) in [6.45, 7) is 14.4. The quantitative estimate of drug-likeness (QED) is 0.810. The first-order valence-electron chi connectivity index (χ1n) is 7.41. The lowest BCUT2D eigenvalue weighted by molar-refractivity contribution is 0.112. The Labute approximate surface area is 107 Å². The van der Waals surface area contributed by atoms with Crippen LogP contribution in [-0.4, -0.2) is 37.1 Å². The largest absolute Gasteiger partial charge is 0.311 e. The Morgan fingerprint density at radius 1 is 1.29 bits per heavy atom. The summed E-state index contributed by atoms with van der Waals surface area (Å²) in [4.78, 5) is 2.72. The molecule has 1 atom stereocenters. The van der Waals surface area contributed by atoms with Crippen molar-refractivity contribution in [1.29, 1.82) is 0 Å². The molecule has 2 nitrogen and oxygen atoms in total. The minimum absolute atomic E-state index is 0.389. The molecule has 2 fully saturated rings. The van der Waals surface area contributed by atoms with Gasteiger partial charge in [0.15, 0.2) is 0 Å². The van der Waals surface area contributed by atoms with Gasteiger partial charge in [-0.15, -0.1) is 0 Å². The minimum atomic E-state index is 0.389. The third-order valence-corrected chi connectivity index (χ3v) is 4.60. The van der Waals surface area contributed by atoms with Crippen LogP contribution < -0.4 is 5.32 Å². The van der Waals surface area contributed by atoms with Gasteiger partial charge in [-0.3, -0.25) is 4.90 Å². The van der Waals surface area contributed by atoms with Crippen molar-refractivity contribution in [2.75, 3.05) is 26.2 Å². The molecule has 0 bridgehead atoms. The minimum Gasteiger partial charge on any atom is -0.311 e. The lowest BCUT2D eigenvalue weighted by atomic mass is 9.85. The first-order chi connectivity index (χ1) is 7.95. The SMILES string of the molecule is CCCC1(CN2CCNC(C(C)(C)C)C2)CC1. The molecule has 1 saturated heterocycles. The van der Waals surface area contributed by atoms with E-state index in [0.29, 0.717) is 16.9 Å². The first kappa shape index (κ1) is 13.4. The molecule has 17 heavy (non-hydrogen) atoms. The second-order valence-electron chi connectivity index (χ2n) is 7.36. The predicted molar refractivity (Wildman–Crippen MR) is 74.3 cm³/mol. The van der Waals surface area contributed by atoms with Crippen LogP contribution in [0.4, 0.5) is 0 Å². The van der Waals surface area contributed by atoms with Crippen molar-refractivity contribution in [3.05, 3.63) is 0 Å². The molecular formula is C15H30N2. The third-order valence-electron chi connectivity index (χ3n) is 4.60. The van der Waals surface area contributed by atoms with Crippen LogP contribution in [0, 0.1) is 10.8 Å². The molecule has 1 aliphatic carbocycles. The van der Waals surface area contributed by atoms with E-state index in [-0.39, 0.29) is 0 Å². The van der Waals surface area contributed by atoms with Crippen molar-refractivity contribution >= 4 is 0 Å². The topological polar surface area (TPSA) is 15.3 Å². The summed E-state index contributed by atoms with van der Waals surface area (Å²) in [7, 11) is 0. The van der Waals surface area contributed by atoms with E-state index in [1.807, 2.05) is 0 Å². The van der Waals surface area contributed by atoms with Crippen molar-refractivity contribution < 1.29 is 0 Å². The van der Waals surface area contributed by atoms with Gasteiger partial charge in [0.25, 0.3) is 0 Å². The average molecular weight is 238 g/mol. The molecule has 0 aromatic carbocycles. The maximum atomic E-state index is 3.69. The molecule has 0 aromatic rings. The van der Waals surface area contributed by atoms with Crippen molar-refractivity contribution in [1.82, 2.24) is 10.2 Å². The van der Waals surface area contributed by atoms with Crippen molar-refractivity contribution in [3.63, 3.8) is 0 Å². The zero-order valence-electron chi connectivity index (χ0n) is 12.2. The first-order valence-corrected chi connectivity index (χ1v) is 7.41. The molecule has 0 spiro atoms. The zero-order chi connectivity index (χ0) is 12.5. The van der Waals surface area contributed by atoms with Crippen LogP contribution in [0.3, 0.4) is 0 Å². The van der Waals surface area contributed by atoms with Gasteiger partial charge in [0.05, 0.1) is 0 Å². The smallest absolute Gasteiger partial charge is 0.0244 e. The van der Waals surface area contributed by atoms with E-state index in [4.69, 9.17) is 0 Å². The van der Waals surface area contributed by atoms with E-state index in [1.165, 1.54) is 51.9 Å². The summed E-state index contributed by atoms with van der Waals surface area (Å²) in [5, 5.41) is 3.69. The van der Waals surface area contributed by atoms with Crippen molar-refractivity contribution in [3.8, 4) is 0 Å². The lowest BCUT2D eigenvalue weighted by Gasteiger charge is -2.41. The van der Waals surface area contributed by atoms with Crippen molar-refractivity contribution in [2.45, 2.75) is 59.4 Å². The van der Waals surface area contributed by atoms with E-state index < -0.39 is 0 Å². The summed E-state index contributed by atoms with van der Waals surface area (Å²) in [6.07, 6.45) is 5.75. The number of hydrogen-bond acceptors (Lipinski definition) is 2.